The number of halogens is 3. The molecule has 1 saturated carbocycles. The van der Waals surface area contributed by atoms with Crippen LogP contribution in [-0.4, -0.2) is 31.8 Å². The zero-order valence-corrected chi connectivity index (χ0v) is 13.5. The van der Waals surface area contributed by atoms with Crippen LogP contribution in [0.1, 0.15) is 24.8 Å². The number of anilines is 1. The van der Waals surface area contributed by atoms with Crippen molar-refractivity contribution in [3.05, 3.63) is 23.8 Å². The van der Waals surface area contributed by atoms with Crippen LogP contribution < -0.4 is 15.4 Å². The fourth-order valence-electron chi connectivity index (χ4n) is 3.48. The summed E-state index contributed by atoms with van der Waals surface area (Å²) in [5.74, 6) is 0.0872. The summed E-state index contributed by atoms with van der Waals surface area (Å²) in [5.41, 5.74) is 1.14. The molecule has 0 bridgehead atoms. The molecular weight excluding hydrogens is 321 g/mol. The zero-order chi connectivity index (χ0) is 17.4. The number of nitrogens with one attached hydrogen (secondary N) is 2. The van der Waals surface area contributed by atoms with Crippen LogP contribution in [0, 0.1) is 18.3 Å². The molecule has 3 rings (SSSR count). The van der Waals surface area contributed by atoms with E-state index in [2.05, 4.69) is 10.6 Å². The quantitative estimate of drug-likeness (QED) is 0.883. The number of benzene rings is 1. The Morgan fingerprint density at radius 1 is 1.38 bits per heavy atom. The van der Waals surface area contributed by atoms with Crippen LogP contribution in [0.15, 0.2) is 18.2 Å². The van der Waals surface area contributed by atoms with E-state index in [9.17, 15) is 18.0 Å². The lowest BCUT2D eigenvalue weighted by atomic mass is 9.91. The number of amides is 1. The summed E-state index contributed by atoms with van der Waals surface area (Å²) in [6.45, 7) is 2.17. The first-order valence-electron chi connectivity index (χ1n) is 8.11. The minimum atomic E-state index is -4.39. The topological polar surface area (TPSA) is 50.4 Å². The zero-order valence-electron chi connectivity index (χ0n) is 13.5. The van der Waals surface area contributed by atoms with Gasteiger partial charge in [-0.25, -0.2) is 0 Å². The molecule has 1 aromatic carbocycles. The highest BCUT2D eigenvalue weighted by Gasteiger charge is 2.57. The highest BCUT2D eigenvalue weighted by Crippen LogP contribution is 2.58. The van der Waals surface area contributed by atoms with Gasteiger partial charge in [0.05, 0.1) is 0 Å². The third-order valence-electron chi connectivity index (χ3n) is 5.04. The van der Waals surface area contributed by atoms with Crippen molar-refractivity contribution < 1.29 is 22.7 Å². The Kier molecular flexibility index (Phi) is 4.46. The van der Waals surface area contributed by atoms with Crippen molar-refractivity contribution in [3.63, 3.8) is 0 Å². The molecule has 1 atom stereocenters. The standard InChI is InChI=1S/C17H21F3N2O2/c1-11-13(3-2-4-14(11)24-10-17(18,19)20)22-15(23)12-9-16(12)5-7-21-8-6-16/h2-4,12,21H,5-10H2,1H3,(H,22,23). The smallest absolute Gasteiger partial charge is 0.422 e. The first-order chi connectivity index (χ1) is 11.3. The Balaban J connectivity index is 1.64. The fourth-order valence-corrected chi connectivity index (χ4v) is 3.48. The van der Waals surface area contributed by atoms with Crippen LogP contribution >= 0.6 is 0 Å². The molecule has 1 amide bonds. The van der Waals surface area contributed by atoms with E-state index in [1.807, 2.05) is 0 Å². The van der Waals surface area contributed by atoms with E-state index in [4.69, 9.17) is 4.74 Å². The van der Waals surface area contributed by atoms with E-state index in [1.54, 1.807) is 19.1 Å². The second-order valence-corrected chi connectivity index (χ2v) is 6.69. The average molecular weight is 342 g/mol. The molecule has 132 valence electrons. The Morgan fingerprint density at radius 2 is 2.08 bits per heavy atom. The number of alkyl halides is 3. The summed E-state index contributed by atoms with van der Waals surface area (Å²) in [6, 6.07) is 4.74. The molecule has 0 radical (unpaired) electrons. The second kappa shape index (κ2) is 6.27. The first kappa shape index (κ1) is 17.1. The molecule has 7 heteroatoms. The summed E-state index contributed by atoms with van der Waals surface area (Å²) in [7, 11) is 0. The van der Waals surface area contributed by atoms with E-state index < -0.39 is 12.8 Å². The normalized spacial score (nSPS) is 22.2. The van der Waals surface area contributed by atoms with Gasteiger partial charge in [0, 0.05) is 17.2 Å². The van der Waals surface area contributed by atoms with E-state index in [0.29, 0.717) is 11.3 Å². The van der Waals surface area contributed by atoms with E-state index in [1.165, 1.54) is 6.07 Å². The monoisotopic (exact) mass is 342 g/mol. The summed E-state index contributed by atoms with van der Waals surface area (Å²) in [4.78, 5) is 12.5. The lowest BCUT2D eigenvalue weighted by Gasteiger charge is -2.23. The van der Waals surface area contributed by atoms with Crippen molar-refractivity contribution >= 4 is 11.6 Å². The van der Waals surface area contributed by atoms with Crippen LogP contribution in [0.3, 0.4) is 0 Å². The number of piperidine rings is 1. The van der Waals surface area contributed by atoms with E-state index >= 15 is 0 Å². The molecule has 1 aliphatic carbocycles. The number of carbonyl (C=O) groups excluding carboxylic acids is 1. The Morgan fingerprint density at radius 3 is 2.75 bits per heavy atom. The summed E-state index contributed by atoms with van der Waals surface area (Å²) in [5, 5.41) is 6.15. The number of hydrogen-bond donors (Lipinski definition) is 2. The Labute approximate surface area is 138 Å². The molecule has 2 fully saturated rings. The molecular formula is C17H21F3N2O2. The highest BCUT2D eigenvalue weighted by molar-refractivity contribution is 5.96. The van der Waals surface area contributed by atoms with Crippen LogP contribution in [0.25, 0.3) is 0 Å². The fraction of sp³-hybridized carbons (Fsp3) is 0.588. The predicted molar refractivity (Wildman–Crippen MR) is 84.0 cm³/mol. The van der Waals surface area contributed by atoms with Gasteiger partial charge in [0.1, 0.15) is 5.75 Å². The second-order valence-electron chi connectivity index (χ2n) is 6.69. The third kappa shape index (κ3) is 3.66. The van der Waals surface area contributed by atoms with Gasteiger partial charge in [0.25, 0.3) is 0 Å². The van der Waals surface area contributed by atoms with Crippen molar-refractivity contribution in [2.24, 2.45) is 11.3 Å². The van der Waals surface area contributed by atoms with Gasteiger partial charge in [0.15, 0.2) is 6.61 Å². The molecule has 0 aromatic heterocycles. The van der Waals surface area contributed by atoms with Crippen molar-refractivity contribution in [3.8, 4) is 5.75 Å². The molecule has 2 aliphatic rings. The molecule has 1 aliphatic heterocycles. The van der Waals surface area contributed by atoms with Gasteiger partial charge in [-0.05, 0) is 56.8 Å². The molecule has 1 unspecified atom stereocenters. The number of rotatable bonds is 4. The molecule has 24 heavy (non-hydrogen) atoms. The maximum Gasteiger partial charge on any atom is 0.422 e. The number of carbonyl (C=O) groups is 1. The largest absolute Gasteiger partial charge is 0.484 e. The SMILES string of the molecule is Cc1c(NC(=O)C2CC23CCNCC3)cccc1OCC(F)(F)F. The molecule has 1 saturated heterocycles. The van der Waals surface area contributed by atoms with Crippen molar-refractivity contribution in [2.75, 3.05) is 25.0 Å². The van der Waals surface area contributed by atoms with Gasteiger partial charge < -0.3 is 15.4 Å². The van der Waals surface area contributed by atoms with Gasteiger partial charge in [-0.15, -0.1) is 0 Å². The van der Waals surface area contributed by atoms with Crippen molar-refractivity contribution in [1.29, 1.82) is 0 Å². The number of hydrogen-bond acceptors (Lipinski definition) is 3. The molecule has 1 heterocycles. The van der Waals surface area contributed by atoms with Crippen molar-refractivity contribution in [2.45, 2.75) is 32.4 Å². The summed E-state index contributed by atoms with van der Waals surface area (Å²) < 4.78 is 41.7. The third-order valence-corrected chi connectivity index (χ3v) is 5.04. The van der Waals surface area contributed by atoms with Gasteiger partial charge in [0.2, 0.25) is 5.91 Å². The lowest BCUT2D eigenvalue weighted by molar-refractivity contribution is -0.153. The van der Waals surface area contributed by atoms with Crippen LogP contribution in [0.2, 0.25) is 0 Å². The summed E-state index contributed by atoms with van der Waals surface area (Å²) in [6.07, 6.45) is -1.50. The minimum Gasteiger partial charge on any atom is -0.484 e. The lowest BCUT2D eigenvalue weighted by Crippen LogP contribution is -2.31. The van der Waals surface area contributed by atoms with Gasteiger partial charge in [-0.3, -0.25) is 4.79 Å². The Bertz CT molecular complexity index is 625. The minimum absolute atomic E-state index is 0.00116. The van der Waals surface area contributed by atoms with E-state index in [0.717, 1.165) is 32.4 Å². The maximum atomic E-state index is 12.5. The molecule has 1 aromatic rings. The highest BCUT2D eigenvalue weighted by atomic mass is 19.4. The molecule has 1 spiro atoms. The molecule has 2 N–H and O–H groups in total. The first-order valence-corrected chi connectivity index (χ1v) is 8.11. The van der Waals surface area contributed by atoms with Crippen LogP contribution in [0.4, 0.5) is 18.9 Å². The van der Waals surface area contributed by atoms with Gasteiger partial charge in [-0.2, -0.15) is 13.2 Å². The van der Waals surface area contributed by atoms with Crippen LogP contribution in [0.5, 0.6) is 5.75 Å². The van der Waals surface area contributed by atoms with Gasteiger partial charge in [-0.1, -0.05) is 6.07 Å². The summed E-state index contributed by atoms with van der Waals surface area (Å²) >= 11 is 0. The van der Waals surface area contributed by atoms with Gasteiger partial charge >= 0.3 is 6.18 Å². The van der Waals surface area contributed by atoms with Crippen LogP contribution in [-0.2, 0) is 4.79 Å². The Hall–Kier alpha value is -1.76. The predicted octanol–water partition coefficient (Wildman–Crippen LogP) is 3.26. The maximum absolute atomic E-state index is 12.5. The number of ether oxygens (including phenoxy) is 1. The van der Waals surface area contributed by atoms with Crippen molar-refractivity contribution in [1.82, 2.24) is 5.32 Å². The van der Waals surface area contributed by atoms with E-state index in [-0.39, 0.29) is 23.0 Å². The average Bonchev–Trinajstić information content (AvgIpc) is 3.21. The molecule has 4 nitrogen and oxygen atoms in total.